The molecule has 0 aliphatic heterocycles. The smallest absolute Gasteiger partial charge is 0.109 e. The molecule has 2 aliphatic carbocycles. The van der Waals surface area contributed by atoms with Crippen LogP contribution in [0.4, 0.5) is 0 Å². The van der Waals surface area contributed by atoms with Crippen LogP contribution in [0.3, 0.4) is 0 Å². The van der Waals surface area contributed by atoms with Gasteiger partial charge < -0.3 is 24.8 Å². The Morgan fingerprint density at radius 3 is 1.47 bits per heavy atom. The Labute approximate surface area is 389 Å². The first-order chi connectivity index (χ1) is 27.6. The van der Waals surface area contributed by atoms with Gasteiger partial charge in [-0.05, 0) is 39.5 Å². The molecule has 0 bridgehead atoms. The van der Waals surface area contributed by atoms with Crippen LogP contribution < -0.4 is 24.8 Å². The van der Waals surface area contributed by atoms with Gasteiger partial charge in [-0.25, -0.2) is 12.2 Å². The van der Waals surface area contributed by atoms with Crippen LogP contribution in [-0.4, -0.2) is 3.21 Å². The van der Waals surface area contributed by atoms with Gasteiger partial charge in [0.2, 0.25) is 0 Å². The molecule has 0 unspecified atom stereocenters. The molecule has 0 amide bonds. The average Bonchev–Trinajstić information content (AvgIpc) is 3.92. The van der Waals surface area contributed by atoms with E-state index in [4.69, 9.17) is 0 Å². The van der Waals surface area contributed by atoms with Crippen molar-refractivity contribution >= 4 is 3.21 Å². The van der Waals surface area contributed by atoms with Gasteiger partial charge in [0, 0.05) is 0 Å². The molecule has 308 valence electrons. The van der Waals surface area contributed by atoms with E-state index in [9.17, 15) is 0 Å². The molecule has 2 aliphatic rings. The Bertz CT molecular complexity index is 2220. The maximum Gasteiger partial charge on any atom is -0.109 e. The van der Waals surface area contributed by atoms with E-state index >= 15 is 0 Å². The minimum Gasteiger partial charge on any atom is -1.00 e. The Hall–Kier alpha value is -3.87. The first-order valence-corrected chi connectivity index (χ1v) is 22.2. The Kier molecular flexibility index (Phi) is 17.3. The van der Waals surface area contributed by atoms with Crippen LogP contribution >= 0.6 is 0 Å². The second kappa shape index (κ2) is 21.3. The van der Waals surface area contributed by atoms with Crippen LogP contribution in [-0.2, 0) is 41.5 Å². The van der Waals surface area contributed by atoms with Crippen LogP contribution in [0.2, 0.25) is 0 Å². The second-order valence-electron chi connectivity index (χ2n) is 18.3. The first kappa shape index (κ1) is 48.8. The summed E-state index contributed by atoms with van der Waals surface area (Å²) in [5, 5.41) is 0. The van der Waals surface area contributed by atoms with Crippen molar-refractivity contribution in [3.05, 3.63) is 202 Å². The van der Waals surface area contributed by atoms with Gasteiger partial charge in [-0.15, -0.1) is 35.2 Å². The monoisotopic (exact) mass is 904 g/mol. The van der Waals surface area contributed by atoms with Crippen LogP contribution in [0.5, 0.6) is 0 Å². The van der Waals surface area contributed by atoms with Crippen molar-refractivity contribution in [2.24, 2.45) is 0 Å². The zero-order valence-electron chi connectivity index (χ0n) is 37.2. The fourth-order valence-electron chi connectivity index (χ4n) is 7.68. The predicted molar refractivity (Wildman–Crippen MR) is 248 cm³/mol. The average molecular weight is 907 g/mol. The SMILES string of the molecule is CC(C)(C)c1cc2c([c-]c1-c1ccccc1)Cc1cc(-c3ccccc3)c(C(C)(C)C)cc1-2.CC(C)c1ccc([C](=[Zr+2])c2ccc(C(C)C)cc2)cc1.[C-]1=CC=CC1.[Cl-].[Cl-]. The molecule has 0 heterocycles. The van der Waals surface area contributed by atoms with Crippen molar-refractivity contribution in [2.75, 3.05) is 0 Å². The van der Waals surface area contributed by atoms with Gasteiger partial charge in [0.05, 0.1) is 0 Å². The molecule has 60 heavy (non-hydrogen) atoms. The van der Waals surface area contributed by atoms with Crippen molar-refractivity contribution in [1.82, 2.24) is 0 Å². The number of hydrogen-bond donors (Lipinski definition) is 0. The number of hydrogen-bond acceptors (Lipinski definition) is 0. The molecular formula is C57H60Cl2Zr-2. The number of benzene rings is 6. The Morgan fingerprint density at radius 1 is 0.567 bits per heavy atom. The number of allylic oxidation sites excluding steroid dienone is 4. The summed E-state index contributed by atoms with van der Waals surface area (Å²) in [6.07, 6.45) is 10.9. The third kappa shape index (κ3) is 11.9. The number of fused-ring (bicyclic) bond motifs is 3. The molecule has 0 aromatic heterocycles. The van der Waals surface area contributed by atoms with Crippen LogP contribution in [0.1, 0.15) is 132 Å². The maximum atomic E-state index is 3.88. The molecule has 0 spiro atoms. The van der Waals surface area contributed by atoms with Crippen LogP contribution in [0.15, 0.2) is 146 Å². The van der Waals surface area contributed by atoms with Crippen LogP contribution in [0.25, 0.3) is 33.4 Å². The van der Waals surface area contributed by atoms with E-state index in [0.717, 1.165) is 12.8 Å². The summed E-state index contributed by atoms with van der Waals surface area (Å²) in [4.78, 5) is 0. The minimum atomic E-state index is 0. The fraction of sp³-hybridized carbons (Fsp3) is 0.281. The van der Waals surface area contributed by atoms with Crippen molar-refractivity contribution in [3.8, 4) is 33.4 Å². The van der Waals surface area contributed by atoms with Crippen molar-refractivity contribution in [1.29, 1.82) is 0 Å². The normalized spacial score (nSPS) is 12.4. The summed E-state index contributed by atoms with van der Waals surface area (Å²) in [7, 11) is 0. The molecule has 0 fully saturated rings. The molecule has 6 aromatic carbocycles. The van der Waals surface area contributed by atoms with E-state index in [1.54, 1.807) is 0 Å². The summed E-state index contributed by atoms with van der Waals surface area (Å²) < 4.78 is 1.43. The third-order valence-corrected chi connectivity index (χ3v) is 12.6. The standard InChI is InChI=1S/C33H33.C19H22.C5H5.2ClH.Zr/c1-32(2,3)30-20-26-24(18-28(30)22-13-9-7-10-14-22)17-25-19-29(23-15-11-8-12-16-23)31(21-27(25)26)33(4,5)6;1-14(2)18-9-5-16(6-10-18)13-17-7-11-19(12-8-17)15(3)4;1-2-4-5-3-1;;;/h7-16,18,20-21H,17H2,1-6H3;5-12,14-15H,1-4H3;1-3H,4H2;2*1H;/q-1;;-1;;;+2/p-2. The molecule has 0 saturated heterocycles. The molecule has 8 rings (SSSR count). The van der Waals surface area contributed by atoms with Gasteiger partial charge in [0.25, 0.3) is 0 Å². The van der Waals surface area contributed by atoms with E-state index < -0.39 is 0 Å². The van der Waals surface area contributed by atoms with E-state index in [2.05, 4.69) is 215 Å². The van der Waals surface area contributed by atoms with Crippen molar-refractivity contribution in [3.63, 3.8) is 0 Å². The van der Waals surface area contributed by atoms with Gasteiger partial charge in [-0.1, -0.05) is 131 Å². The quantitative estimate of drug-likeness (QED) is 0.146. The second-order valence-corrected chi connectivity index (χ2v) is 19.6. The first-order valence-electron chi connectivity index (χ1n) is 21.0. The molecule has 0 atom stereocenters. The van der Waals surface area contributed by atoms with Gasteiger partial charge in [-0.3, -0.25) is 6.08 Å². The minimum absolute atomic E-state index is 0. The van der Waals surface area contributed by atoms with E-state index in [-0.39, 0.29) is 35.6 Å². The van der Waals surface area contributed by atoms with Crippen molar-refractivity contribution < 1.29 is 49.0 Å². The zero-order valence-corrected chi connectivity index (χ0v) is 41.2. The van der Waals surface area contributed by atoms with E-state index in [1.807, 2.05) is 12.2 Å². The molecule has 0 saturated carbocycles. The number of halogens is 2. The van der Waals surface area contributed by atoms with E-state index in [1.165, 1.54) is 105 Å². The number of rotatable bonds is 6. The zero-order chi connectivity index (χ0) is 41.6. The van der Waals surface area contributed by atoms with Crippen LogP contribution in [0, 0.1) is 12.1 Å². The summed E-state index contributed by atoms with van der Waals surface area (Å²) in [5.74, 6) is 1.20. The summed E-state index contributed by atoms with van der Waals surface area (Å²) in [5.41, 5.74) is 19.0. The van der Waals surface area contributed by atoms with Gasteiger partial charge in [-0.2, -0.15) is 6.08 Å². The summed E-state index contributed by atoms with van der Waals surface area (Å²) >= 11 is 1.47. The maximum absolute atomic E-state index is 3.88. The van der Waals surface area contributed by atoms with Crippen molar-refractivity contribution in [2.45, 2.75) is 105 Å². The topological polar surface area (TPSA) is 0 Å². The van der Waals surface area contributed by atoms with Gasteiger partial charge >= 0.3 is 138 Å². The molecule has 0 nitrogen and oxygen atoms in total. The molecule has 6 aromatic rings. The molecular weight excluding hydrogens is 847 g/mol. The Morgan fingerprint density at radius 2 is 1.05 bits per heavy atom. The summed E-state index contributed by atoms with van der Waals surface area (Å²) in [6.45, 7) is 22.8. The fourth-order valence-corrected chi connectivity index (χ4v) is 8.50. The third-order valence-electron chi connectivity index (χ3n) is 11.1. The summed E-state index contributed by atoms with van der Waals surface area (Å²) in [6, 6.07) is 50.9. The van der Waals surface area contributed by atoms with Gasteiger partial charge in [0.15, 0.2) is 0 Å². The molecule has 0 radical (unpaired) electrons. The predicted octanol–water partition coefficient (Wildman–Crippen LogP) is 9.35. The largest absolute Gasteiger partial charge is 1.00 e. The van der Waals surface area contributed by atoms with E-state index in [0.29, 0.717) is 11.8 Å². The molecule has 3 heteroatoms. The Balaban J connectivity index is 0.000000250. The molecule has 0 N–H and O–H groups in total. The van der Waals surface area contributed by atoms with Gasteiger partial charge in [0.1, 0.15) is 0 Å².